The summed E-state index contributed by atoms with van der Waals surface area (Å²) in [4.78, 5) is 24.7. The van der Waals surface area contributed by atoms with Crippen LogP contribution in [0.25, 0.3) is 10.9 Å². The van der Waals surface area contributed by atoms with Crippen molar-refractivity contribution in [1.82, 2.24) is 9.88 Å². The number of nitrogens with one attached hydrogen (secondary N) is 1. The molecule has 0 radical (unpaired) electrons. The SMILES string of the molecule is Cn1cc(C(=O)NC[C@@H]2CCCO2)c(=O)c2ccccc21. The fourth-order valence-corrected chi connectivity index (χ4v) is 2.71. The Kier molecular flexibility index (Phi) is 3.75. The molecule has 21 heavy (non-hydrogen) atoms. The predicted molar refractivity (Wildman–Crippen MR) is 80.5 cm³/mol. The van der Waals surface area contributed by atoms with Gasteiger partial charge in [0.2, 0.25) is 5.43 Å². The second-order valence-corrected chi connectivity index (χ2v) is 5.35. The summed E-state index contributed by atoms with van der Waals surface area (Å²) in [5.74, 6) is -0.336. The molecule has 2 aromatic rings. The maximum Gasteiger partial charge on any atom is 0.256 e. The van der Waals surface area contributed by atoms with Crippen molar-refractivity contribution in [2.45, 2.75) is 18.9 Å². The van der Waals surface area contributed by atoms with Crippen LogP contribution in [0.5, 0.6) is 0 Å². The first-order valence-corrected chi connectivity index (χ1v) is 7.15. The highest BCUT2D eigenvalue weighted by Crippen LogP contribution is 2.12. The Morgan fingerprint density at radius 2 is 2.24 bits per heavy atom. The lowest BCUT2D eigenvalue weighted by molar-refractivity contribution is 0.0856. The van der Waals surface area contributed by atoms with Crippen LogP contribution in [-0.4, -0.2) is 29.7 Å². The third-order valence-electron chi connectivity index (χ3n) is 3.85. The largest absolute Gasteiger partial charge is 0.376 e. The third kappa shape index (κ3) is 2.69. The molecule has 5 heteroatoms. The third-order valence-corrected chi connectivity index (χ3v) is 3.85. The smallest absolute Gasteiger partial charge is 0.256 e. The van der Waals surface area contributed by atoms with Crippen molar-refractivity contribution in [3.8, 4) is 0 Å². The van der Waals surface area contributed by atoms with Crippen LogP contribution >= 0.6 is 0 Å². The zero-order valence-electron chi connectivity index (χ0n) is 12.0. The zero-order chi connectivity index (χ0) is 14.8. The molecule has 0 bridgehead atoms. The van der Waals surface area contributed by atoms with Crippen molar-refractivity contribution >= 4 is 16.8 Å². The van der Waals surface area contributed by atoms with E-state index in [9.17, 15) is 9.59 Å². The maximum absolute atomic E-state index is 12.4. The number of carbonyl (C=O) groups excluding carboxylic acids is 1. The van der Waals surface area contributed by atoms with E-state index in [0.717, 1.165) is 25.0 Å². The number of nitrogens with zero attached hydrogens (tertiary/aromatic N) is 1. The quantitative estimate of drug-likeness (QED) is 0.929. The van der Waals surface area contributed by atoms with Crippen molar-refractivity contribution in [3.05, 3.63) is 46.2 Å². The number of para-hydroxylation sites is 1. The first-order valence-electron chi connectivity index (χ1n) is 7.15. The van der Waals surface area contributed by atoms with Gasteiger partial charge in [-0.05, 0) is 25.0 Å². The Labute approximate surface area is 122 Å². The number of amides is 1. The van der Waals surface area contributed by atoms with E-state index in [-0.39, 0.29) is 23.0 Å². The molecular formula is C16H18N2O3. The minimum absolute atomic E-state index is 0.0678. The Hall–Kier alpha value is -2.14. The molecule has 110 valence electrons. The minimum Gasteiger partial charge on any atom is -0.376 e. The van der Waals surface area contributed by atoms with Gasteiger partial charge in [0, 0.05) is 31.8 Å². The summed E-state index contributed by atoms with van der Waals surface area (Å²) in [6.07, 6.45) is 3.64. The van der Waals surface area contributed by atoms with Crippen LogP contribution in [-0.2, 0) is 11.8 Å². The molecule has 1 aliphatic rings. The molecule has 2 heterocycles. The molecule has 0 spiro atoms. The van der Waals surface area contributed by atoms with Crippen molar-refractivity contribution in [3.63, 3.8) is 0 Å². The van der Waals surface area contributed by atoms with Crippen LogP contribution in [0.2, 0.25) is 0 Å². The number of hydrogen-bond donors (Lipinski definition) is 1. The highest BCUT2D eigenvalue weighted by Gasteiger charge is 2.18. The second-order valence-electron chi connectivity index (χ2n) is 5.35. The highest BCUT2D eigenvalue weighted by atomic mass is 16.5. The van der Waals surface area contributed by atoms with Crippen molar-refractivity contribution < 1.29 is 9.53 Å². The second kappa shape index (κ2) is 5.69. The molecule has 0 saturated carbocycles. The molecule has 1 atom stereocenters. The summed E-state index contributed by atoms with van der Waals surface area (Å²) >= 11 is 0. The van der Waals surface area contributed by atoms with E-state index >= 15 is 0 Å². The van der Waals surface area contributed by atoms with Crippen LogP contribution in [0.15, 0.2) is 35.3 Å². The first kappa shape index (κ1) is 13.8. The maximum atomic E-state index is 12.4. The van der Waals surface area contributed by atoms with E-state index < -0.39 is 0 Å². The molecule has 0 unspecified atom stereocenters. The molecule has 1 aromatic carbocycles. The number of aromatic nitrogens is 1. The van der Waals surface area contributed by atoms with Gasteiger partial charge >= 0.3 is 0 Å². The number of rotatable bonds is 3. The van der Waals surface area contributed by atoms with Crippen LogP contribution in [0.1, 0.15) is 23.2 Å². The van der Waals surface area contributed by atoms with Gasteiger partial charge in [-0.15, -0.1) is 0 Å². The van der Waals surface area contributed by atoms with Gasteiger partial charge in [0.1, 0.15) is 5.56 Å². The Morgan fingerprint density at radius 1 is 1.43 bits per heavy atom. The van der Waals surface area contributed by atoms with Crippen molar-refractivity contribution in [2.75, 3.05) is 13.2 Å². The van der Waals surface area contributed by atoms with Gasteiger partial charge in [-0.2, -0.15) is 0 Å². The normalized spacial score (nSPS) is 18.0. The standard InChI is InChI=1S/C16H18N2O3/c1-18-10-13(15(19)12-6-2-3-7-14(12)18)16(20)17-9-11-5-4-8-21-11/h2-3,6-7,10-11H,4-5,8-9H2,1H3,(H,17,20)/t11-/m0/s1. The summed E-state index contributed by atoms with van der Waals surface area (Å²) in [7, 11) is 1.83. The monoisotopic (exact) mass is 286 g/mol. The van der Waals surface area contributed by atoms with Crippen LogP contribution in [0, 0.1) is 0 Å². The molecule has 1 aliphatic heterocycles. The van der Waals surface area contributed by atoms with Gasteiger partial charge < -0.3 is 14.6 Å². The van der Waals surface area contributed by atoms with E-state index in [0.29, 0.717) is 11.9 Å². The van der Waals surface area contributed by atoms with E-state index in [1.807, 2.05) is 19.2 Å². The number of pyridine rings is 1. The Balaban J connectivity index is 1.87. The Morgan fingerprint density at radius 3 is 3.00 bits per heavy atom. The molecule has 1 fully saturated rings. The summed E-state index contributed by atoms with van der Waals surface area (Å²) < 4.78 is 7.27. The molecule has 1 N–H and O–H groups in total. The van der Waals surface area contributed by atoms with Crippen molar-refractivity contribution in [1.29, 1.82) is 0 Å². The Bertz CT molecular complexity index is 730. The van der Waals surface area contributed by atoms with Gasteiger partial charge in [-0.25, -0.2) is 0 Å². The zero-order valence-corrected chi connectivity index (χ0v) is 12.0. The molecule has 1 aromatic heterocycles. The minimum atomic E-state index is -0.336. The summed E-state index contributed by atoms with van der Waals surface area (Å²) in [6, 6.07) is 7.29. The number of hydrogen-bond acceptors (Lipinski definition) is 3. The summed E-state index contributed by atoms with van der Waals surface area (Å²) in [6.45, 7) is 1.20. The lowest BCUT2D eigenvalue weighted by Gasteiger charge is -2.12. The average molecular weight is 286 g/mol. The molecule has 0 aliphatic carbocycles. The molecule has 1 amide bonds. The van der Waals surface area contributed by atoms with Crippen molar-refractivity contribution in [2.24, 2.45) is 7.05 Å². The van der Waals surface area contributed by atoms with E-state index in [1.54, 1.807) is 22.9 Å². The van der Waals surface area contributed by atoms with Gasteiger partial charge in [0.25, 0.3) is 5.91 Å². The number of carbonyl (C=O) groups is 1. The van der Waals surface area contributed by atoms with Crippen LogP contribution in [0.3, 0.4) is 0 Å². The average Bonchev–Trinajstić information content (AvgIpc) is 3.02. The summed E-state index contributed by atoms with van der Waals surface area (Å²) in [5, 5.41) is 3.36. The van der Waals surface area contributed by atoms with Gasteiger partial charge in [-0.1, -0.05) is 12.1 Å². The fraction of sp³-hybridized carbons (Fsp3) is 0.375. The predicted octanol–water partition coefficient (Wildman–Crippen LogP) is 1.45. The number of benzene rings is 1. The topological polar surface area (TPSA) is 60.3 Å². The van der Waals surface area contributed by atoms with Gasteiger partial charge in [0.15, 0.2) is 0 Å². The van der Waals surface area contributed by atoms with Gasteiger partial charge in [0.05, 0.1) is 11.6 Å². The van der Waals surface area contributed by atoms with Crippen LogP contribution in [0.4, 0.5) is 0 Å². The van der Waals surface area contributed by atoms with E-state index in [1.165, 1.54) is 0 Å². The fourth-order valence-electron chi connectivity index (χ4n) is 2.71. The molecule has 1 saturated heterocycles. The van der Waals surface area contributed by atoms with Crippen LogP contribution < -0.4 is 10.7 Å². The lowest BCUT2D eigenvalue weighted by atomic mass is 10.1. The van der Waals surface area contributed by atoms with E-state index in [4.69, 9.17) is 4.74 Å². The van der Waals surface area contributed by atoms with E-state index in [2.05, 4.69) is 5.32 Å². The number of fused-ring (bicyclic) bond motifs is 1. The number of ether oxygens (including phenoxy) is 1. The first-order chi connectivity index (χ1) is 10.2. The lowest BCUT2D eigenvalue weighted by Crippen LogP contribution is -2.35. The highest BCUT2D eigenvalue weighted by molar-refractivity contribution is 5.97. The molecule has 5 nitrogen and oxygen atoms in total. The number of aryl methyl sites for hydroxylation is 1. The molecule has 3 rings (SSSR count). The van der Waals surface area contributed by atoms with Gasteiger partial charge in [-0.3, -0.25) is 9.59 Å². The summed E-state index contributed by atoms with van der Waals surface area (Å²) in [5.41, 5.74) is 0.765. The molecular weight excluding hydrogens is 268 g/mol.